The lowest BCUT2D eigenvalue weighted by Crippen LogP contribution is -2.23. The molecule has 0 saturated carbocycles. The number of nitrogens with one attached hydrogen (secondary N) is 1. The lowest BCUT2D eigenvalue weighted by molar-refractivity contribution is 0.207. The Labute approximate surface area is 161 Å². The van der Waals surface area contributed by atoms with Crippen LogP contribution < -0.4 is 10.1 Å². The van der Waals surface area contributed by atoms with E-state index in [1.807, 2.05) is 54.6 Å². The van der Waals surface area contributed by atoms with Crippen LogP contribution in [0.4, 0.5) is 0 Å². The average Bonchev–Trinajstić information content (AvgIpc) is 2.68. The van der Waals surface area contributed by atoms with Gasteiger partial charge in [-0.15, -0.1) is 6.42 Å². The van der Waals surface area contributed by atoms with Crippen molar-refractivity contribution in [1.29, 1.82) is 0 Å². The highest BCUT2D eigenvalue weighted by Crippen LogP contribution is 2.59. The zero-order chi connectivity index (χ0) is 19.5. The zero-order valence-corrected chi connectivity index (χ0v) is 16.7. The molecule has 2 aromatic carbocycles. The molecule has 1 unspecified atom stereocenters. The second-order valence-corrected chi connectivity index (χ2v) is 7.82. The van der Waals surface area contributed by atoms with Crippen molar-refractivity contribution < 1.29 is 18.3 Å². The maximum Gasteiger partial charge on any atom is 0.351 e. The van der Waals surface area contributed by atoms with Gasteiger partial charge in [-0.3, -0.25) is 9.88 Å². The summed E-state index contributed by atoms with van der Waals surface area (Å²) in [6.45, 7) is 4.90. The molecular formula is C21H26NO4P. The van der Waals surface area contributed by atoms with Gasteiger partial charge < -0.3 is 13.8 Å². The smallest absolute Gasteiger partial charge is 0.351 e. The van der Waals surface area contributed by atoms with Crippen LogP contribution in [0.15, 0.2) is 54.6 Å². The maximum absolute atomic E-state index is 13.4. The number of hydrogen-bond acceptors (Lipinski definition) is 5. The van der Waals surface area contributed by atoms with E-state index >= 15 is 0 Å². The van der Waals surface area contributed by atoms with E-state index in [0.29, 0.717) is 25.5 Å². The predicted octanol–water partition coefficient (Wildman–Crippen LogP) is 4.75. The number of ether oxygens (including phenoxy) is 1. The molecule has 1 atom stereocenters. The number of rotatable bonds is 11. The summed E-state index contributed by atoms with van der Waals surface area (Å²) in [5, 5.41) is 3.34. The third-order valence-electron chi connectivity index (χ3n) is 3.77. The van der Waals surface area contributed by atoms with Crippen molar-refractivity contribution in [1.82, 2.24) is 5.32 Å². The Morgan fingerprint density at radius 2 is 1.78 bits per heavy atom. The van der Waals surface area contributed by atoms with Gasteiger partial charge in [-0.2, -0.15) is 0 Å². The second-order valence-electron chi connectivity index (χ2n) is 5.71. The van der Waals surface area contributed by atoms with Gasteiger partial charge in [0.15, 0.2) is 0 Å². The van der Waals surface area contributed by atoms with E-state index in [4.69, 9.17) is 20.2 Å². The van der Waals surface area contributed by atoms with E-state index in [0.717, 1.165) is 11.1 Å². The van der Waals surface area contributed by atoms with Gasteiger partial charge >= 0.3 is 7.60 Å². The van der Waals surface area contributed by atoms with Crippen molar-refractivity contribution in [2.75, 3.05) is 19.8 Å². The van der Waals surface area contributed by atoms with Crippen molar-refractivity contribution in [2.24, 2.45) is 0 Å². The number of terminal acetylenes is 1. The van der Waals surface area contributed by atoms with Crippen LogP contribution in [-0.2, 0) is 20.2 Å². The molecule has 0 aromatic heterocycles. The summed E-state index contributed by atoms with van der Waals surface area (Å²) < 4.78 is 30.0. The molecule has 0 aliphatic carbocycles. The molecule has 0 fully saturated rings. The lowest BCUT2D eigenvalue weighted by atomic mass is 10.2. The van der Waals surface area contributed by atoms with Crippen molar-refractivity contribution in [3.05, 3.63) is 65.7 Å². The quantitative estimate of drug-likeness (QED) is 0.445. The Morgan fingerprint density at radius 1 is 1.07 bits per heavy atom. The van der Waals surface area contributed by atoms with Crippen LogP contribution in [0.2, 0.25) is 0 Å². The normalized spacial score (nSPS) is 12.3. The highest BCUT2D eigenvalue weighted by Gasteiger charge is 2.36. The third-order valence-corrected chi connectivity index (χ3v) is 6.12. The molecule has 0 saturated heterocycles. The first kappa shape index (κ1) is 21.2. The van der Waals surface area contributed by atoms with Crippen LogP contribution in [0.5, 0.6) is 5.75 Å². The minimum atomic E-state index is -3.39. The van der Waals surface area contributed by atoms with Crippen LogP contribution in [0, 0.1) is 12.3 Å². The largest absolute Gasteiger partial charge is 0.481 e. The summed E-state index contributed by atoms with van der Waals surface area (Å²) in [6, 6.07) is 17.2. The standard InChI is InChI=1S/C21H26NO4P/c1-4-15-24-20-14-10-11-18(16-20)17-22-21(19-12-8-7-9-13-19)27(23,25-5-2)26-6-3/h1,7-14,16,21-22H,5-6,15,17H2,2-3H3. The molecule has 0 bridgehead atoms. The molecule has 5 nitrogen and oxygen atoms in total. The highest BCUT2D eigenvalue weighted by molar-refractivity contribution is 7.54. The molecule has 27 heavy (non-hydrogen) atoms. The molecule has 0 heterocycles. The third kappa shape index (κ3) is 6.23. The van der Waals surface area contributed by atoms with Crippen LogP contribution in [0.1, 0.15) is 30.8 Å². The molecule has 0 amide bonds. The monoisotopic (exact) mass is 387 g/mol. The molecule has 0 radical (unpaired) electrons. The van der Waals surface area contributed by atoms with Crippen LogP contribution in [0.3, 0.4) is 0 Å². The minimum absolute atomic E-state index is 0.216. The van der Waals surface area contributed by atoms with Crippen molar-refractivity contribution >= 4 is 7.60 Å². The Hall–Kier alpha value is -2.09. The van der Waals surface area contributed by atoms with Gasteiger partial charge in [0.25, 0.3) is 0 Å². The topological polar surface area (TPSA) is 56.8 Å². The zero-order valence-electron chi connectivity index (χ0n) is 15.8. The van der Waals surface area contributed by atoms with E-state index in [1.54, 1.807) is 13.8 Å². The van der Waals surface area contributed by atoms with Crippen molar-refractivity contribution in [2.45, 2.75) is 26.2 Å². The van der Waals surface area contributed by atoms with Gasteiger partial charge in [0.05, 0.1) is 13.2 Å². The Morgan fingerprint density at radius 3 is 2.41 bits per heavy atom. The second kappa shape index (κ2) is 10.9. The van der Waals surface area contributed by atoms with E-state index in [9.17, 15) is 4.57 Å². The molecule has 144 valence electrons. The fourth-order valence-corrected chi connectivity index (χ4v) is 4.62. The van der Waals surface area contributed by atoms with Crippen LogP contribution in [0.25, 0.3) is 0 Å². The maximum atomic E-state index is 13.4. The molecule has 6 heteroatoms. The van der Waals surface area contributed by atoms with Crippen LogP contribution >= 0.6 is 7.60 Å². The Balaban J connectivity index is 2.22. The molecule has 2 rings (SSSR count). The van der Waals surface area contributed by atoms with Gasteiger partial charge in [-0.1, -0.05) is 48.4 Å². The van der Waals surface area contributed by atoms with E-state index in [2.05, 4.69) is 11.2 Å². The molecule has 0 spiro atoms. The predicted molar refractivity (Wildman–Crippen MR) is 108 cm³/mol. The van der Waals surface area contributed by atoms with Crippen molar-refractivity contribution in [3.63, 3.8) is 0 Å². The van der Waals surface area contributed by atoms with E-state index in [1.165, 1.54) is 0 Å². The van der Waals surface area contributed by atoms with Gasteiger partial charge in [0.1, 0.15) is 18.1 Å². The SMILES string of the molecule is C#CCOc1cccc(CNC(c2ccccc2)P(=O)(OCC)OCC)c1. The fraction of sp³-hybridized carbons (Fsp3) is 0.333. The molecule has 1 N–H and O–H groups in total. The van der Waals surface area contributed by atoms with Gasteiger partial charge in [0.2, 0.25) is 0 Å². The Bertz CT molecular complexity index is 778. The number of benzene rings is 2. The van der Waals surface area contributed by atoms with Crippen LogP contribution in [-0.4, -0.2) is 19.8 Å². The number of hydrogen-bond donors (Lipinski definition) is 1. The molecule has 0 aliphatic rings. The summed E-state index contributed by atoms with van der Waals surface area (Å²) >= 11 is 0. The molecule has 0 aliphatic heterocycles. The van der Waals surface area contributed by atoms with E-state index < -0.39 is 13.4 Å². The average molecular weight is 387 g/mol. The van der Waals surface area contributed by atoms with Gasteiger partial charge in [0, 0.05) is 6.54 Å². The first-order valence-corrected chi connectivity index (χ1v) is 10.6. The van der Waals surface area contributed by atoms with E-state index in [-0.39, 0.29) is 6.61 Å². The highest BCUT2D eigenvalue weighted by atomic mass is 31.2. The summed E-state index contributed by atoms with van der Waals surface area (Å²) in [7, 11) is -3.39. The lowest BCUT2D eigenvalue weighted by Gasteiger charge is -2.27. The van der Waals surface area contributed by atoms with Gasteiger partial charge in [-0.05, 0) is 37.1 Å². The van der Waals surface area contributed by atoms with Crippen molar-refractivity contribution in [3.8, 4) is 18.1 Å². The summed E-state index contributed by atoms with van der Waals surface area (Å²) in [5.74, 6) is 2.57. The fourth-order valence-electron chi connectivity index (χ4n) is 2.68. The summed E-state index contributed by atoms with van der Waals surface area (Å²) in [4.78, 5) is 0. The first-order valence-electron chi connectivity index (χ1n) is 8.95. The van der Waals surface area contributed by atoms with Gasteiger partial charge in [-0.25, -0.2) is 0 Å². The molecule has 2 aromatic rings. The summed E-state index contributed by atoms with van der Waals surface area (Å²) in [5.41, 5.74) is 1.83. The Kier molecular flexibility index (Phi) is 8.57. The molecular weight excluding hydrogens is 361 g/mol. The summed E-state index contributed by atoms with van der Waals surface area (Å²) in [6.07, 6.45) is 5.24. The minimum Gasteiger partial charge on any atom is -0.481 e. The first-order chi connectivity index (χ1) is 13.1.